The van der Waals surface area contributed by atoms with Crippen LogP contribution < -0.4 is 10.1 Å². The van der Waals surface area contributed by atoms with E-state index in [1.165, 1.54) is 6.20 Å². The van der Waals surface area contributed by atoms with Crippen LogP contribution in [0.15, 0.2) is 36.5 Å². The maximum absolute atomic E-state index is 9.10. The summed E-state index contributed by atoms with van der Waals surface area (Å²) in [4.78, 5) is 3.89. The molecule has 1 N–H and O–H groups in total. The number of benzene rings is 1. The fourth-order valence-corrected chi connectivity index (χ4v) is 1.85. The van der Waals surface area contributed by atoms with Crippen LogP contribution in [0.4, 0.5) is 11.4 Å². The number of hydrogen-bond donors (Lipinski definition) is 1. The Balaban J connectivity index is 2.35. The Bertz CT molecular complexity index is 650. The van der Waals surface area contributed by atoms with Crippen LogP contribution in [0.1, 0.15) is 19.4 Å². The number of aromatic nitrogens is 1. The summed E-state index contributed by atoms with van der Waals surface area (Å²) in [5, 5.41) is 12.6. The molecule has 0 spiro atoms. The number of ether oxygens (including phenoxy) is 1. The largest absolute Gasteiger partial charge is 0.489 e. The summed E-state index contributed by atoms with van der Waals surface area (Å²) < 4.78 is 5.73. The fraction of sp³-hybridized carbons (Fsp3) is 0.200. The SMILES string of the molecule is CC(C)Oc1ccccc1Nc1cc(Cl)ncc1C#N. The number of nitrogens with zero attached hydrogens (tertiary/aromatic N) is 2. The second-order valence-electron chi connectivity index (χ2n) is 4.45. The van der Waals surface area contributed by atoms with Crippen molar-refractivity contribution in [3.8, 4) is 11.8 Å². The van der Waals surface area contributed by atoms with E-state index in [0.29, 0.717) is 16.4 Å². The number of rotatable bonds is 4. The predicted octanol–water partition coefficient (Wildman–Crippen LogP) is 4.14. The van der Waals surface area contributed by atoms with Gasteiger partial charge in [0.25, 0.3) is 0 Å². The van der Waals surface area contributed by atoms with Gasteiger partial charge in [-0.15, -0.1) is 0 Å². The number of hydrogen-bond acceptors (Lipinski definition) is 4. The van der Waals surface area contributed by atoms with Gasteiger partial charge in [0.05, 0.1) is 23.0 Å². The van der Waals surface area contributed by atoms with Crippen molar-refractivity contribution in [3.05, 3.63) is 47.2 Å². The van der Waals surface area contributed by atoms with E-state index < -0.39 is 0 Å². The van der Waals surface area contributed by atoms with Crippen LogP contribution >= 0.6 is 11.6 Å². The molecule has 2 rings (SSSR count). The van der Waals surface area contributed by atoms with Crippen molar-refractivity contribution in [1.29, 1.82) is 5.26 Å². The molecule has 0 aliphatic carbocycles. The van der Waals surface area contributed by atoms with E-state index in [4.69, 9.17) is 21.6 Å². The topological polar surface area (TPSA) is 57.9 Å². The Morgan fingerprint density at radius 3 is 2.75 bits per heavy atom. The zero-order valence-electron chi connectivity index (χ0n) is 11.2. The molecule has 0 atom stereocenters. The Labute approximate surface area is 123 Å². The molecule has 0 saturated heterocycles. The molecule has 0 radical (unpaired) electrons. The monoisotopic (exact) mass is 287 g/mol. The summed E-state index contributed by atoms with van der Waals surface area (Å²) in [6.45, 7) is 3.92. The maximum atomic E-state index is 9.10. The minimum absolute atomic E-state index is 0.0643. The third-order valence-corrected chi connectivity index (χ3v) is 2.72. The van der Waals surface area contributed by atoms with Crippen molar-refractivity contribution in [3.63, 3.8) is 0 Å². The first-order valence-corrected chi connectivity index (χ1v) is 6.56. The molecular weight excluding hydrogens is 274 g/mol. The average Bonchev–Trinajstić information content (AvgIpc) is 2.41. The number of pyridine rings is 1. The molecular formula is C15H14ClN3O. The summed E-state index contributed by atoms with van der Waals surface area (Å²) in [7, 11) is 0. The van der Waals surface area contributed by atoms with E-state index in [1.54, 1.807) is 6.07 Å². The molecule has 0 bridgehead atoms. The number of anilines is 2. The second kappa shape index (κ2) is 6.27. The smallest absolute Gasteiger partial charge is 0.143 e. The summed E-state index contributed by atoms with van der Waals surface area (Å²) in [6.07, 6.45) is 1.51. The molecule has 20 heavy (non-hydrogen) atoms. The number of para-hydroxylation sites is 2. The minimum atomic E-state index is 0.0643. The summed E-state index contributed by atoms with van der Waals surface area (Å²) in [5.41, 5.74) is 1.81. The van der Waals surface area contributed by atoms with Gasteiger partial charge < -0.3 is 10.1 Å². The molecule has 0 fully saturated rings. The van der Waals surface area contributed by atoms with Crippen LogP contribution in [0.3, 0.4) is 0 Å². The highest BCUT2D eigenvalue weighted by Crippen LogP contribution is 2.30. The first-order valence-electron chi connectivity index (χ1n) is 6.18. The third-order valence-electron chi connectivity index (χ3n) is 2.51. The molecule has 1 aromatic heterocycles. The van der Waals surface area contributed by atoms with Gasteiger partial charge >= 0.3 is 0 Å². The highest BCUT2D eigenvalue weighted by Gasteiger charge is 2.09. The van der Waals surface area contributed by atoms with Crippen LogP contribution in [0.25, 0.3) is 0 Å². The summed E-state index contributed by atoms with van der Waals surface area (Å²) in [6, 6.07) is 11.2. The molecule has 2 aromatic rings. The lowest BCUT2D eigenvalue weighted by molar-refractivity contribution is 0.244. The van der Waals surface area contributed by atoms with Gasteiger partial charge in [0.1, 0.15) is 17.0 Å². The van der Waals surface area contributed by atoms with Crippen molar-refractivity contribution in [2.24, 2.45) is 0 Å². The second-order valence-corrected chi connectivity index (χ2v) is 4.84. The van der Waals surface area contributed by atoms with Gasteiger partial charge in [0.15, 0.2) is 0 Å². The Morgan fingerprint density at radius 2 is 2.05 bits per heavy atom. The molecule has 0 saturated carbocycles. The van der Waals surface area contributed by atoms with Crippen LogP contribution in [0.2, 0.25) is 5.15 Å². The quantitative estimate of drug-likeness (QED) is 0.859. The van der Waals surface area contributed by atoms with Gasteiger partial charge in [0, 0.05) is 12.3 Å². The molecule has 5 heteroatoms. The Morgan fingerprint density at radius 1 is 1.30 bits per heavy atom. The standard InChI is InChI=1S/C15H14ClN3O/c1-10(2)20-14-6-4-3-5-12(14)19-13-7-15(16)18-9-11(13)8-17/h3-7,9-10H,1-2H3,(H,18,19). The molecule has 0 amide bonds. The van der Waals surface area contributed by atoms with Gasteiger partial charge in [0.2, 0.25) is 0 Å². The Hall–Kier alpha value is -2.25. The van der Waals surface area contributed by atoms with E-state index in [1.807, 2.05) is 38.1 Å². The molecule has 0 aliphatic rings. The van der Waals surface area contributed by atoms with Crippen molar-refractivity contribution < 1.29 is 4.74 Å². The van der Waals surface area contributed by atoms with E-state index in [2.05, 4.69) is 16.4 Å². The lowest BCUT2D eigenvalue weighted by Crippen LogP contribution is -2.07. The molecule has 4 nitrogen and oxygen atoms in total. The van der Waals surface area contributed by atoms with Crippen LogP contribution in [0.5, 0.6) is 5.75 Å². The lowest BCUT2D eigenvalue weighted by Gasteiger charge is -2.16. The van der Waals surface area contributed by atoms with Gasteiger partial charge in [-0.1, -0.05) is 23.7 Å². The number of nitriles is 1. The van der Waals surface area contributed by atoms with Crippen molar-refractivity contribution in [2.75, 3.05) is 5.32 Å². The number of nitrogens with one attached hydrogen (secondary N) is 1. The van der Waals surface area contributed by atoms with E-state index in [0.717, 1.165) is 11.4 Å². The zero-order valence-corrected chi connectivity index (χ0v) is 12.0. The maximum Gasteiger partial charge on any atom is 0.143 e. The summed E-state index contributed by atoms with van der Waals surface area (Å²) in [5.74, 6) is 0.722. The molecule has 0 unspecified atom stereocenters. The van der Waals surface area contributed by atoms with E-state index in [9.17, 15) is 0 Å². The van der Waals surface area contributed by atoms with Crippen molar-refractivity contribution in [1.82, 2.24) is 4.98 Å². The highest BCUT2D eigenvalue weighted by molar-refractivity contribution is 6.29. The molecule has 102 valence electrons. The van der Waals surface area contributed by atoms with Gasteiger partial charge in [-0.3, -0.25) is 0 Å². The number of halogens is 1. The van der Waals surface area contributed by atoms with Gasteiger partial charge in [-0.2, -0.15) is 5.26 Å². The van der Waals surface area contributed by atoms with E-state index in [-0.39, 0.29) is 6.10 Å². The van der Waals surface area contributed by atoms with Crippen LogP contribution in [-0.2, 0) is 0 Å². The van der Waals surface area contributed by atoms with Gasteiger partial charge in [-0.05, 0) is 26.0 Å². The van der Waals surface area contributed by atoms with E-state index >= 15 is 0 Å². The minimum Gasteiger partial charge on any atom is -0.489 e. The van der Waals surface area contributed by atoms with Gasteiger partial charge in [-0.25, -0.2) is 4.98 Å². The molecule has 0 aliphatic heterocycles. The predicted molar refractivity (Wildman–Crippen MR) is 79.5 cm³/mol. The average molecular weight is 288 g/mol. The first-order chi connectivity index (χ1) is 9.60. The lowest BCUT2D eigenvalue weighted by atomic mass is 10.2. The highest BCUT2D eigenvalue weighted by atomic mass is 35.5. The fourth-order valence-electron chi connectivity index (χ4n) is 1.69. The van der Waals surface area contributed by atoms with Crippen LogP contribution in [0, 0.1) is 11.3 Å². The first kappa shape index (κ1) is 14.2. The Kier molecular flexibility index (Phi) is 4.44. The van der Waals surface area contributed by atoms with Crippen molar-refractivity contribution >= 4 is 23.0 Å². The summed E-state index contributed by atoms with van der Waals surface area (Å²) >= 11 is 5.87. The third kappa shape index (κ3) is 3.40. The van der Waals surface area contributed by atoms with Crippen molar-refractivity contribution in [2.45, 2.75) is 20.0 Å². The molecule has 1 aromatic carbocycles. The normalized spacial score (nSPS) is 10.2. The zero-order chi connectivity index (χ0) is 14.5. The van der Waals surface area contributed by atoms with Crippen LogP contribution in [-0.4, -0.2) is 11.1 Å². The molecule has 1 heterocycles.